The minimum atomic E-state index is -3.85. The molecule has 2 aromatic heterocycles. The van der Waals surface area contributed by atoms with E-state index >= 15 is 0 Å². The summed E-state index contributed by atoms with van der Waals surface area (Å²) in [6.07, 6.45) is 1.69. The highest BCUT2D eigenvalue weighted by Gasteiger charge is 2.15. The number of rotatable bonds is 6. The van der Waals surface area contributed by atoms with Gasteiger partial charge in [0.1, 0.15) is 11.6 Å². The smallest absolute Gasteiger partial charge is 0.263 e. The van der Waals surface area contributed by atoms with Crippen molar-refractivity contribution < 1.29 is 12.8 Å². The molecule has 1 aromatic carbocycles. The average Bonchev–Trinajstić information content (AvgIpc) is 2.62. The zero-order valence-electron chi connectivity index (χ0n) is 12.9. The largest absolute Gasteiger partial charge is 0.363 e. The van der Waals surface area contributed by atoms with Gasteiger partial charge in [0.2, 0.25) is 0 Å². The second-order valence-electron chi connectivity index (χ2n) is 5.04. The van der Waals surface area contributed by atoms with Crippen molar-refractivity contribution in [2.75, 3.05) is 10.0 Å². The van der Waals surface area contributed by atoms with Crippen LogP contribution in [0.25, 0.3) is 0 Å². The Morgan fingerprint density at radius 2 is 1.64 bits per heavy atom. The average molecular weight is 359 g/mol. The fourth-order valence-corrected chi connectivity index (χ4v) is 2.97. The summed E-state index contributed by atoms with van der Waals surface area (Å²) >= 11 is 0. The summed E-state index contributed by atoms with van der Waals surface area (Å²) in [7, 11) is -3.85. The predicted octanol–water partition coefficient (Wildman–Crippen LogP) is 2.42. The van der Waals surface area contributed by atoms with Gasteiger partial charge in [-0.25, -0.2) is 12.8 Å². The van der Waals surface area contributed by atoms with Crippen molar-refractivity contribution in [2.24, 2.45) is 0 Å². The highest BCUT2D eigenvalue weighted by Crippen LogP contribution is 2.15. The second-order valence-corrected chi connectivity index (χ2v) is 6.72. The Labute approximate surface area is 144 Å². The number of nitrogens with one attached hydrogen (secondary N) is 2. The van der Waals surface area contributed by atoms with Gasteiger partial charge in [0, 0.05) is 6.20 Å². The van der Waals surface area contributed by atoms with E-state index in [1.807, 2.05) is 18.2 Å². The summed E-state index contributed by atoms with van der Waals surface area (Å²) in [6, 6.07) is 13.1. The third-order valence-corrected chi connectivity index (χ3v) is 4.57. The maximum Gasteiger partial charge on any atom is 0.263 e. The third kappa shape index (κ3) is 4.48. The fraction of sp³-hybridized carbons (Fsp3) is 0.0625. The van der Waals surface area contributed by atoms with Crippen LogP contribution in [0.3, 0.4) is 0 Å². The molecule has 3 rings (SSSR count). The van der Waals surface area contributed by atoms with Gasteiger partial charge in [0.15, 0.2) is 5.82 Å². The van der Waals surface area contributed by atoms with E-state index in [-0.39, 0.29) is 10.7 Å². The van der Waals surface area contributed by atoms with Gasteiger partial charge in [0.25, 0.3) is 10.0 Å². The summed E-state index contributed by atoms with van der Waals surface area (Å²) in [5, 5.41) is 10.8. The fourth-order valence-electron chi connectivity index (χ4n) is 1.98. The molecule has 2 heterocycles. The highest BCUT2D eigenvalue weighted by molar-refractivity contribution is 7.92. The zero-order chi connectivity index (χ0) is 17.7. The van der Waals surface area contributed by atoms with E-state index in [4.69, 9.17) is 0 Å². The van der Waals surface area contributed by atoms with Gasteiger partial charge in [-0.15, -0.1) is 10.2 Å². The minimum Gasteiger partial charge on any atom is -0.363 e. The number of anilines is 2. The summed E-state index contributed by atoms with van der Waals surface area (Å²) in [5.74, 6) is 0.0326. The van der Waals surface area contributed by atoms with Crippen molar-refractivity contribution >= 4 is 21.7 Å². The molecular weight excluding hydrogens is 345 g/mol. The first-order valence-electron chi connectivity index (χ1n) is 7.29. The van der Waals surface area contributed by atoms with E-state index in [1.165, 1.54) is 18.2 Å². The van der Waals surface area contributed by atoms with E-state index in [9.17, 15) is 12.8 Å². The van der Waals surface area contributed by atoms with Crippen LogP contribution in [-0.4, -0.2) is 23.6 Å². The monoisotopic (exact) mass is 359 g/mol. The molecule has 0 spiro atoms. The molecule has 0 atom stereocenters. The third-order valence-electron chi connectivity index (χ3n) is 3.20. The quantitative estimate of drug-likeness (QED) is 0.702. The second kappa shape index (κ2) is 7.22. The summed E-state index contributed by atoms with van der Waals surface area (Å²) in [6.45, 7) is 0.468. The molecule has 0 amide bonds. The van der Waals surface area contributed by atoms with Gasteiger partial charge in [-0.3, -0.25) is 9.71 Å². The molecule has 0 saturated heterocycles. The van der Waals surface area contributed by atoms with Crippen LogP contribution in [0.2, 0.25) is 0 Å². The zero-order valence-corrected chi connectivity index (χ0v) is 13.7. The Morgan fingerprint density at radius 1 is 0.920 bits per heavy atom. The van der Waals surface area contributed by atoms with Crippen LogP contribution < -0.4 is 10.0 Å². The molecule has 0 fully saturated rings. The number of sulfonamides is 1. The molecule has 3 aromatic rings. The Kier molecular flexibility index (Phi) is 4.85. The SMILES string of the molecule is O=S(=O)(Nc1ccc(NCc2ccccn2)nn1)c1ccc(F)cc1. The maximum atomic E-state index is 12.9. The van der Waals surface area contributed by atoms with Crippen molar-refractivity contribution in [3.63, 3.8) is 0 Å². The van der Waals surface area contributed by atoms with Crippen molar-refractivity contribution in [3.05, 3.63) is 72.3 Å². The number of aromatic nitrogens is 3. The van der Waals surface area contributed by atoms with E-state index in [0.717, 1.165) is 17.8 Å². The van der Waals surface area contributed by atoms with E-state index in [2.05, 4.69) is 25.2 Å². The number of halogens is 1. The Hall–Kier alpha value is -3.07. The van der Waals surface area contributed by atoms with Crippen LogP contribution in [0.4, 0.5) is 16.0 Å². The lowest BCUT2D eigenvalue weighted by atomic mass is 10.3. The number of hydrogen-bond donors (Lipinski definition) is 2. The molecule has 0 saturated carbocycles. The normalized spacial score (nSPS) is 11.1. The molecule has 0 aliphatic carbocycles. The van der Waals surface area contributed by atoms with Gasteiger partial charge in [-0.2, -0.15) is 0 Å². The molecule has 0 aliphatic rings. The molecule has 7 nitrogen and oxygen atoms in total. The Bertz CT molecular complexity index is 933. The number of pyridine rings is 1. The first-order valence-corrected chi connectivity index (χ1v) is 8.77. The molecule has 0 radical (unpaired) electrons. The standard InChI is InChI=1S/C16H14FN5O2S/c17-12-4-6-14(7-5-12)25(23,24)22-16-9-8-15(20-21-16)19-11-13-3-1-2-10-18-13/h1-10H,11H2,(H,19,20)(H,21,22). The van der Waals surface area contributed by atoms with Crippen molar-refractivity contribution in [2.45, 2.75) is 11.4 Å². The van der Waals surface area contributed by atoms with Gasteiger partial charge in [-0.1, -0.05) is 6.07 Å². The Morgan fingerprint density at radius 3 is 2.28 bits per heavy atom. The lowest BCUT2D eigenvalue weighted by Crippen LogP contribution is -2.14. The summed E-state index contributed by atoms with van der Waals surface area (Å²) in [4.78, 5) is 4.11. The van der Waals surface area contributed by atoms with Crippen LogP contribution in [0.15, 0.2) is 65.7 Å². The van der Waals surface area contributed by atoms with E-state index in [1.54, 1.807) is 12.3 Å². The van der Waals surface area contributed by atoms with E-state index < -0.39 is 15.8 Å². The van der Waals surface area contributed by atoms with Gasteiger partial charge < -0.3 is 5.32 Å². The van der Waals surface area contributed by atoms with Crippen LogP contribution in [0.5, 0.6) is 0 Å². The molecule has 0 bridgehead atoms. The lowest BCUT2D eigenvalue weighted by Gasteiger charge is -2.08. The Balaban J connectivity index is 1.65. The molecule has 2 N–H and O–H groups in total. The van der Waals surface area contributed by atoms with Crippen molar-refractivity contribution in [3.8, 4) is 0 Å². The predicted molar refractivity (Wildman–Crippen MR) is 90.8 cm³/mol. The van der Waals surface area contributed by atoms with E-state index in [0.29, 0.717) is 12.4 Å². The maximum absolute atomic E-state index is 12.9. The number of benzene rings is 1. The van der Waals surface area contributed by atoms with Crippen molar-refractivity contribution in [1.29, 1.82) is 0 Å². The van der Waals surface area contributed by atoms with Crippen LogP contribution in [0, 0.1) is 5.82 Å². The molecule has 25 heavy (non-hydrogen) atoms. The van der Waals surface area contributed by atoms with Gasteiger partial charge in [-0.05, 0) is 48.5 Å². The number of nitrogens with zero attached hydrogens (tertiary/aromatic N) is 3. The van der Waals surface area contributed by atoms with Crippen LogP contribution in [0.1, 0.15) is 5.69 Å². The van der Waals surface area contributed by atoms with Crippen LogP contribution >= 0.6 is 0 Å². The molecule has 0 unspecified atom stereocenters. The van der Waals surface area contributed by atoms with Crippen molar-refractivity contribution in [1.82, 2.24) is 15.2 Å². The minimum absolute atomic E-state index is 0.0620. The molecular formula is C16H14FN5O2S. The first kappa shape index (κ1) is 16.8. The van der Waals surface area contributed by atoms with Gasteiger partial charge in [0.05, 0.1) is 17.1 Å². The van der Waals surface area contributed by atoms with Gasteiger partial charge >= 0.3 is 0 Å². The van der Waals surface area contributed by atoms with Crippen LogP contribution in [-0.2, 0) is 16.6 Å². The first-order chi connectivity index (χ1) is 12.0. The topological polar surface area (TPSA) is 96.9 Å². The highest BCUT2D eigenvalue weighted by atomic mass is 32.2. The number of hydrogen-bond acceptors (Lipinski definition) is 6. The molecule has 128 valence electrons. The summed E-state index contributed by atoms with van der Waals surface area (Å²) in [5.41, 5.74) is 0.838. The lowest BCUT2D eigenvalue weighted by molar-refractivity contribution is 0.599. The molecule has 0 aliphatic heterocycles. The summed E-state index contributed by atoms with van der Waals surface area (Å²) < 4.78 is 39.6. The molecule has 9 heteroatoms.